The molecule has 0 unspecified atom stereocenters. The molecule has 1 aliphatic rings. The zero-order valence-corrected chi connectivity index (χ0v) is 13.5. The molecule has 0 N–H and O–H groups in total. The van der Waals surface area contributed by atoms with Gasteiger partial charge in [0.15, 0.2) is 5.69 Å². The standard InChI is InChI=1S/C16H16FN3O2S/c1-11-10-14(21)15(16(22)19-6-8-23-9-7-19)18-20(11)13-5-3-2-4-12(13)17/h2-5,10H,6-9H2,1H3. The van der Waals surface area contributed by atoms with E-state index in [1.54, 1.807) is 41.8 Å². The molecule has 7 heteroatoms. The smallest absolute Gasteiger partial charge is 0.278 e. The number of nitrogens with zero attached hydrogens (tertiary/aromatic N) is 3. The zero-order chi connectivity index (χ0) is 16.4. The Morgan fingerprint density at radius 3 is 2.65 bits per heavy atom. The van der Waals surface area contributed by atoms with Gasteiger partial charge in [-0.1, -0.05) is 12.1 Å². The second-order valence-electron chi connectivity index (χ2n) is 5.27. The normalized spacial score (nSPS) is 14.8. The van der Waals surface area contributed by atoms with Crippen molar-refractivity contribution in [3.05, 3.63) is 57.8 Å². The summed E-state index contributed by atoms with van der Waals surface area (Å²) in [6.45, 7) is 2.85. The molecule has 1 amide bonds. The van der Waals surface area contributed by atoms with Crippen LogP contribution in [0.5, 0.6) is 0 Å². The molecule has 1 fully saturated rings. The summed E-state index contributed by atoms with van der Waals surface area (Å²) in [5.41, 5.74) is 0.100. The maximum Gasteiger partial charge on any atom is 0.278 e. The summed E-state index contributed by atoms with van der Waals surface area (Å²) in [6, 6.07) is 7.46. The first-order valence-corrected chi connectivity index (χ1v) is 8.46. The maximum absolute atomic E-state index is 14.0. The average Bonchev–Trinajstić information content (AvgIpc) is 2.56. The minimum absolute atomic E-state index is 0.161. The Morgan fingerprint density at radius 2 is 1.96 bits per heavy atom. The van der Waals surface area contributed by atoms with Gasteiger partial charge in [0.2, 0.25) is 5.43 Å². The largest absolute Gasteiger partial charge is 0.335 e. The molecule has 2 aromatic rings. The lowest BCUT2D eigenvalue weighted by Crippen LogP contribution is -2.41. The topological polar surface area (TPSA) is 55.2 Å². The van der Waals surface area contributed by atoms with Crippen LogP contribution in [0.1, 0.15) is 16.2 Å². The molecule has 2 heterocycles. The average molecular weight is 333 g/mol. The summed E-state index contributed by atoms with van der Waals surface area (Å²) >= 11 is 1.77. The summed E-state index contributed by atoms with van der Waals surface area (Å²) in [4.78, 5) is 26.3. The predicted octanol–water partition coefficient (Wildman–Crippen LogP) is 1.87. The molecule has 23 heavy (non-hydrogen) atoms. The lowest BCUT2D eigenvalue weighted by molar-refractivity contribution is 0.0763. The van der Waals surface area contributed by atoms with Gasteiger partial charge in [-0.2, -0.15) is 16.9 Å². The van der Waals surface area contributed by atoms with Crippen LogP contribution in [0.4, 0.5) is 4.39 Å². The van der Waals surface area contributed by atoms with Gasteiger partial charge in [0.25, 0.3) is 5.91 Å². The molecule has 120 valence electrons. The van der Waals surface area contributed by atoms with Gasteiger partial charge in [-0.15, -0.1) is 0 Å². The van der Waals surface area contributed by atoms with E-state index in [1.165, 1.54) is 16.8 Å². The second-order valence-corrected chi connectivity index (χ2v) is 6.49. The maximum atomic E-state index is 14.0. The van der Waals surface area contributed by atoms with Crippen molar-refractivity contribution in [2.45, 2.75) is 6.92 Å². The number of benzene rings is 1. The van der Waals surface area contributed by atoms with Crippen LogP contribution in [0.2, 0.25) is 0 Å². The highest BCUT2D eigenvalue weighted by molar-refractivity contribution is 7.99. The van der Waals surface area contributed by atoms with E-state index in [4.69, 9.17) is 0 Å². The van der Waals surface area contributed by atoms with Crippen LogP contribution in [-0.4, -0.2) is 45.2 Å². The number of thioether (sulfide) groups is 1. The third-order valence-electron chi connectivity index (χ3n) is 3.69. The third-order valence-corrected chi connectivity index (χ3v) is 4.63. The van der Waals surface area contributed by atoms with Gasteiger partial charge >= 0.3 is 0 Å². The van der Waals surface area contributed by atoms with Crippen LogP contribution in [-0.2, 0) is 0 Å². The molecule has 1 aromatic heterocycles. The van der Waals surface area contributed by atoms with Crippen LogP contribution < -0.4 is 5.43 Å². The minimum Gasteiger partial charge on any atom is -0.335 e. The van der Waals surface area contributed by atoms with E-state index in [-0.39, 0.29) is 17.3 Å². The van der Waals surface area contributed by atoms with Crippen molar-refractivity contribution in [3.63, 3.8) is 0 Å². The van der Waals surface area contributed by atoms with Crippen LogP contribution in [0, 0.1) is 12.7 Å². The lowest BCUT2D eigenvalue weighted by atomic mass is 10.2. The van der Waals surface area contributed by atoms with Crippen molar-refractivity contribution in [1.82, 2.24) is 14.7 Å². The Balaban J connectivity index is 2.05. The Bertz CT molecular complexity index is 800. The lowest BCUT2D eigenvalue weighted by Gasteiger charge is -2.26. The van der Waals surface area contributed by atoms with Gasteiger partial charge in [0, 0.05) is 36.4 Å². The molecular formula is C16H16FN3O2S. The molecule has 0 radical (unpaired) electrons. The van der Waals surface area contributed by atoms with Gasteiger partial charge in [0.1, 0.15) is 11.5 Å². The van der Waals surface area contributed by atoms with E-state index in [1.807, 2.05) is 0 Å². The van der Waals surface area contributed by atoms with Gasteiger partial charge in [-0.25, -0.2) is 9.07 Å². The SMILES string of the molecule is Cc1cc(=O)c(C(=O)N2CCSCC2)nn1-c1ccccc1F. The van der Waals surface area contributed by atoms with Gasteiger partial charge in [-0.3, -0.25) is 9.59 Å². The van der Waals surface area contributed by atoms with E-state index in [0.29, 0.717) is 18.8 Å². The number of rotatable bonds is 2. The summed E-state index contributed by atoms with van der Waals surface area (Å²) in [7, 11) is 0. The van der Waals surface area contributed by atoms with E-state index >= 15 is 0 Å². The molecule has 3 rings (SSSR count). The third kappa shape index (κ3) is 3.14. The van der Waals surface area contributed by atoms with E-state index in [2.05, 4.69) is 5.10 Å². The van der Waals surface area contributed by atoms with Crippen molar-refractivity contribution >= 4 is 17.7 Å². The van der Waals surface area contributed by atoms with Gasteiger partial charge in [0.05, 0.1) is 0 Å². The highest BCUT2D eigenvalue weighted by atomic mass is 32.2. The van der Waals surface area contributed by atoms with Crippen molar-refractivity contribution in [1.29, 1.82) is 0 Å². The number of hydrogen-bond donors (Lipinski definition) is 0. The van der Waals surface area contributed by atoms with Crippen LogP contribution >= 0.6 is 11.8 Å². The van der Waals surface area contributed by atoms with Crippen LogP contribution in [0.15, 0.2) is 35.1 Å². The summed E-state index contributed by atoms with van der Waals surface area (Å²) in [6.07, 6.45) is 0. The fourth-order valence-electron chi connectivity index (χ4n) is 2.48. The molecular weight excluding hydrogens is 317 g/mol. The molecule has 1 aliphatic heterocycles. The van der Waals surface area contributed by atoms with Crippen molar-refractivity contribution < 1.29 is 9.18 Å². The molecule has 1 saturated heterocycles. The predicted molar refractivity (Wildman–Crippen MR) is 87.8 cm³/mol. The van der Waals surface area contributed by atoms with Crippen molar-refractivity contribution in [3.8, 4) is 5.69 Å². The first kappa shape index (κ1) is 15.7. The van der Waals surface area contributed by atoms with Crippen LogP contribution in [0.3, 0.4) is 0 Å². The number of aromatic nitrogens is 2. The summed E-state index contributed by atoms with van der Waals surface area (Å²) in [5, 5.41) is 4.14. The second kappa shape index (κ2) is 6.54. The molecule has 0 saturated carbocycles. The number of halogens is 1. The van der Waals surface area contributed by atoms with E-state index in [9.17, 15) is 14.0 Å². The first-order valence-electron chi connectivity index (χ1n) is 7.31. The fraction of sp³-hybridized carbons (Fsp3) is 0.312. The minimum atomic E-state index is -0.459. The van der Waals surface area contributed by atoms with Crippen molar-refractivity contribution in [2.24, 2.45) is 0 Å². The molecule has 5 nitrogen and oxygen atoms in total. The van der Waals surface area contributed by atoms with E-state index < -0.39 is 11.2 Å². The van der Waals surface area contributed by atoms with E-state index in [0.717, 1.165) is 11.5 Å². The monoisotopic (exact) mass is 333 g/mol. The Labute approximate surface area is 137 Å². The Hall–Kier alpha value is -2.15. The zero-order valence-electron chi connectivity index (χ0n) is 12.7. The fourth-order valence-corrected chi connectivity index (χ4v) is 3.38. The van der Waals surface area contributed by atoms with Crippen molar-refractivity contribution in [2.75, 3.05) is 24.6 Å². The molecule has 1 aromatic carbocycles. The first-order chi connectivity index (χ1) is 11.1. The van der Waals surface area contributed by atoms with Gasteiger partial charge in [-0.05, 0) is 19.1 Å². The molecule has 0 aliphatic carbocycles. The van der Waals surface area contributed by atoms with Crippen LogP contribution in [0.25, 0.3) is 5.69 Å². The summed E-state index contributed by atoms with van der Waals surface area (Å²) in [5.74, 6) is 0.845. The highest BCUT2D eigenvalue weighted by Crippen LogP contribution is 2.15. The summed E-state index contributed by atoms with van der Waals surface area (Å²) < 4.78 is 15.3. The molecule has 0 spiro atoms. The molecule has 0 bridgehead atoms. The Morgan fingerprint density at radius 1 is 1.26 bits per heavy atom. The number of hydrogen-bond acceptors (Lipinski definition) is 4. The number of amides is 1. The number of carbonyl (C=O) groups is 1. The van der Waals surface area contributed by atoms with Gasteiger partial charge < -0.3 is 4.90 Å². The molecule has 0 atom stereocenters. The Kier molecular flexibility index (Phi) is 4.47. The number of aryl methyl sites for hydroxylation is 1. The highest BCUT2D eigenvalue weighted by Gasteiger charge is 2.23. The number of carbonyl (C=O) groups excluding carboxylic acids is 1. The number of para-hydroxylation sites is 1. The quantitative estimate of drug-likeness (QED) is 0.842.